The van der Waals surface area contributed by atoms with Crippen LogP contribution >= 0.6 is 11.6 Å². The average Bonchev–Trinajstić information content (AvgIpc) is 2.49. The van der Waals surface area contributed by atoms with Gasteiger partial charge in [-0.2, -0.15) is 0 Å². The molecule has 1 aromatic carbocycles. The zero-order valence-electron chi connectivity index (χ0n) is 12.7. The number of pyridine rings is 1. The van der Waals surface area contributed by atoms with Gasteiger partial charge in [-0.1, -0.05) is 29.8 Å². The van der Waals surface area contributed by atoms with E-state index in [1.54, 1.807) is 0 Å². The van der Waals surface area contributed by atoms with Crippen molar-refractivity contribution >= 4 is 17.4 Å². The highest BCUT2D eigenvalue weighted by molar-refractivity contribution is 6.30. The molecule has 0 saturated heterocycles. The Morgan fingerprint density at radius 1 is 1.00 bits per heavy atom. The van der Waals surface area contributed by atoms with E-state index >= 15 is 0 Å². The van der Waals surface area contributed by atoms with Gasteiger partial charge in [0.2, 0.25) is 0 Å². The summed E-state index contributed by atoms with van der Waals surface area (Å²) in [5.74, 6) is 1.02. The molecule has 0 unspecified atom stereocenters. The zero-order valence-corrected chi connectivity index (χ0v) is 13.4. The first-order valence-corrected chi connectivity index (χ1v) is 7.58. The Bertz CT molecular complexity index is 525. The maximum Gasteiger partial charge on any atom is 0.128 e. The maximum atomic E-state index is 5.95. The fraction of sp³-hybridized carbons (Fsp3) is 0.353. The first-order chi connectivity index (χ1) is 10.1. The molecule has 0 amide bonds. The third kappa shape index (κ3) is 5.37. The largest absolute Gasteiger partial charge is 0.352 e. The third-order valence-electron chi connectivity index (χ3n) is 3.29. The summed E-state index contributed by atoms with van der Waals surface area (Å²) >= 11 is 5.95. The van der Waals surface area contributed by atoms with Gasteiger partial charge >= 0.3 is 0 Å². The van der Waals surface area contributed by atoms with E-state index in [2.05, 4.69) is 47.1 Å². The van der Waals surface area contributed by atoms with Crippen molar-refractivity contribution in [3.8, 4) is 0 Å². The standard InChI is InChI=1S/C17H22ClN3/c1-20(2)12-5-13-21(17-6-3-4-11-19-17)14-15-7-9-16(18)10-8-15/h3-4,6-11H,5,12-14H2,1-2H3. The second-order valence-corrected chi connectivity index (χ2v) is 5.83. The lowest BCUT2D eigenvalue weighted by molar-refractivity contribution is 0.400. The maximum absolute atomic E-state index is 5.95. The number of halogens is 1. The highest BCUT2D eigenvalue weighted by Gasteiger charge is 2.08. The van der Waals surface area contributed by atoms with Gasteiger partial charge in [0.15, 0.2) is 0 Å². The van der Waals surface area contributed by atoms with Crippen molar-refractivity contribution in [2.24, 2.45) is 0 Å². The van der Waals surface area contributed by atoms with E-state index < -0.39 is 0 Å². The number of benzene rings is 1. The molecule has 0 bridgehead atoms. The van der Waals surface area contributed by atoms with Crippen LogP contribution in [0.3, 0.4) is 0 Å². The summed E-state index contributed by atoms with van der Waals surface area (Å²) in [6.07, 6.45) is 2.95. The summed E-state index contributed by atoms with van der Waals surface area (Å²) in [5.41, 5.74) is 1.25. The quantitative estimate of drug-likeness (QED) is 0.777. The molecule has 0 N–H and O–H groups in total. The molecule has 0 radical (unpaired) electrons. The molecule has 1 aromatic heterocycles. The predicted octanol–water partition coefficient (Wildman–Crippen LogP) is 3.69. The Morgan fingerprint density at radius 3 is 2.38 bits per heavy atom. The molecule has 3 nitrogen and oxygen atoms in total. The van der Waals surface area contributed by atoms with Gasteiger partial charge in [0, 0.05) is 24.3 Å². The molecule has 0 aliphatic carbocycles. The van der Waals surface area contributed by atoms with Gasteiger partial charge in [0.1, 0.15) is 5.82 Å². The molecule has 0 aliphatic heterocycles. The van der Waals surface area contributed by atoms with Gasteiger partial charge in [0.05, 0.1) is 0 Å². The highest BCUT2D eigenvalue weighted by Crippen LogP contribution is 2.16. The topological polar surface area (TPSA) is 19.4 Å². The molecular formula is C17H22ClN3. The second-order valence-electron chi connectivity index (χ2n) is 5.39. The number of nitrogens with zero attached hydrogens (tertiary/aromatic N) is 3. The SMILES string of the molecule is CN(C)CCCN(Cc1ccc(Cl)cc1)c1ccccn1. The van der Waals surface area contributed by atoms with E-state index in [4.69, 9.17) is 11.6 Å². The second kappa shape index (κ2) is 8.01. The van der Waals surface area contributed by atoms with Gasteiger partial charge in [-0.15, -0.1) is 0 Å². The minimum Gasteiger partial charge on any atom is -0.352 e. The Hall–Kier alpha value is -1.58. The molecule has 0 atom stereocenters. The van der Waals surface area contributed by atoms with Crippen LogP contribution in [0.2, 0.25) is 5.02 Å². The summed E-state index contributed by atoms with van der Waals surface area (Å²) in [7, 11) is 4.20. The smallest absolute Gasteiger partial charge is 0.128 e. The van der Waals surface area contributed by atoms with Crippen LogP contribution in [0.25, 0.3) is 0 Å². The Morgan fingerprint density at radius 2 is 1.76 bits per heavy atom. The average molecular weight is 304 g/mol. The normalized spacial score (nSPS) is 10.9. The number of rotatable bonds is 7. The van der Waals surface area contributed by atoms with Gasteiger partial charge in [-0.25, -0.2) is 4.98 Å². The van der Waals surface area contributed by atoms with Crippen LogP contribution in [0.5, 0.6) is 0 Å². The minimum atomic E-state index is 0.774. The lowest BCUT2D eigenvalue weighted by Gasteiger charge is -2.24. The predicted molar refractivity (Wildman–Crippen MR) is 89.9 cm³/mol. The van der Waals surface area contributed by atoms with Crippen molar-refractivity contribution in [1.82, 2.24) is 9.88 Å². The van der Waals surface area contributed by atoms with Gasteiger partial charge in [-0.05, 0) is 56.9 Å². The van der Waals surface area contributed by atoms with Crippen molar-refractivity contribution in [2.75, 3.05) is 32.1 Å². The molecule has 21 heavy (non-hydrogen) atoms. The van der Waals surface area contributed by atoms with Crippen LogP contribution in [0.15, 0.2) is 48.7 Å². The summed E-state index contributed by atoms with van der Waals surface area (Å²) < 4.78 is 0. The lowest BCUT2D eigenvalue weighted by atomic mass is 10.2. The van der Waals surface area contributed by atoms with E-state index in [9.17, 15) is 0 Å². The molecule has 1 heterocycles. The lowest BCUT2D eigenvalue weighted by Crippen LogP contribution is -2.27. The summed E-state index contributed by atoms with van der Waals surface area (Å²) in [6, 6.07) is 14.1. The van der Waals surface area contributed by atoms with Crippen LogP contribution in [-0.2, 0) is 6.54 Å². The van der Waals surface area contributed by atoms with Crippen LogP contribution in [0.4, 0.5) is 5.82 Å². The van der Waals surface area contributed by atoms with Crippen LogP contribution in [0.1, 0.15) is 12.0 Å². The van der Waals surface area contributed by atoms with Crippen LogP contribution in [0, 0.1) is 0 Å². The molecule has 0 spiro atoms. The van der Waals surface area contributed by atoms with E-state index in [0.717, 1.165) is 36.9 Å². The van der Waals surface area contributed by atoms with Crippen molar-refractivity contribution in [1.29, 1.82) is 0 Å². The number of hydrogen-bond donors (Lipinski definition) is 0. The van der Waals surface area contributed by atoms with Gasteiger partial charge in [-0.3, -0.25) is 0 Å². The fourth-order valence-electron chi connectivity index (χ4n) is 2.20. The van der Waals surface area contributed by atoms with Gasteiger partial charge in [0.25, 0.3) is 0 Å². The molecule has 2 rings (SSSR count). The molecule has 112 valence electrons. The third-order valence-corrected chi connectivity index (χ3v) is 3.55. The zero-order chi connectivity index (χ0) is 15.1. The van der Waals surface area contributed by atoms with Crippen molar-refractivity contribution in [3.05, 3.63) is 59.2 Å². The first kappa shape index (κ1) is 15.8. The minimum absolute atomic E-state index is 0.774. The Labute approximate surface area is 132 Å². The van der Waals surface area contributed by atoms with Gasteiger partial charge < -0.3 is 9.80 Å². The first-order valence-electron chi connectivity index (χ1n) is 7.20. The summed E-state index contributed by atoms with van der Waals surface area (Å²) in [6.45, 7) is 2.91. The summed E-state index contributed by atoms with van der Waals surface area (Å²) in [4.78, 5) is 9.00. The monoisotopic (exact) mass is 303 g/mol. The summed E-state index contributed by atoms with van der Waals surface area (Å²) in [5, 5.41) is 0.774. The van der Waals surface area contributed by atoms with Crippen molar-refractivity contribution < 1.29 is 0 Å². The molecule has 0 fully saturated rings. The molecule has 4 heteroatoms. The van der Waals surface area contributed by atoms with Crippen molar-refractivity contribution in [3.63, 3.8) is 0 Å². The highest BCUT2D eigenvalue weighted by atomic mass is 35.5. The van der Waals surface area contributed by atoms with Crippen LogP contribution < -0.4 is 4.90 Å². The van der Waals surface area contributed by atoms with Crippen molar-refractivity contribution in [2.45, 2.75) is 13.0 Å². The molecular weight excluding hydrogens is 282 g/mol. The number of hydrogen-bond acceptors (Lipinski definition) is 3. The van der Waals surface area contributed by atoms with E-state index in [-0.39, 0.29) is 0 Å². The van der Waals surface area contributed by atoms with E-state index in [1.807, 2.05) is 30.5 Å². The van der Waals surface area contributed by atoms with Crippen LogP contribution in [-0.4, -0.2) is 37.1 Å². The van der Waals surface area contributed by atoms with E-state index in [1.165, 1.54) is 5.56 Å². The van der Waals surface area contributed by atoms with E-state index in [0.29, 0.717) is 0 Å². The number of anilines is 1. The fourth-order valence-corrected chi connectivity index (χ4v) is 2.33. The molecule has 0 aliphatic rings. The number of aromatic nitrogens is 1. The molecule has 0 saturated carbocycles. The Balaban J connectivity index is 2.06. The molecule has 2 aromatic rings. The Kier molecular flexibility index (Phi) is 6.03.